The highest BCUT2D eigenvalue weighted by Gasteiger charge is 2.35. The molecule has 0 bridgehead atoms. The number of hydrogen-bond acceptors (Lipinski definition) is 0. The molecule has 6 aromatic rings. The zero-order valence-electron chi connectivity index (χ0n) is 19.2. The van der Waals surface area contributed by atoms with Crippen molar-refractivity contribution in [1.29, 1.82) is 0 Å². The van der Waals surface area contributed by atoms with Crippen LogP contribution in [0.15, 0.2) is 97.1 Å². The van der Waals surface area contributed by atoms with Crippen LogP contribution in [0.2, 0.25) is 0 Å². The maximum atomic E-state index is 2.44. The first-order chi connectivity index (χ1) is 16.1. The van der Waals surface area contributed by atoms with E-state index in [4.69, 9.17) is 0 Å². The molecular weight excluding hydrogens is 398 g/mol. The van der Waals surface area contributed by atoms with Crippen molar-refractivity contribution < 1.29 is 0 Å². The lowest BCUT2D eigenvalue weighted by Gasteiger charge is -2.22. The lowest BCUT2D eigenvalue weighted by atomic mass is 9.81. The Bertz CT molecular complexity index is 1750. The van der Waals surface area contributed by atoms with Gasteiger partial charge in [-0.25, -0.2) is 0 Å². The van der Waals surface area contributed by atoms with Crippen molar-refractivity contribution in [2.45, 2.75) is 19.3 Å². The smallest absolute Gasteiger partial charge is 0.0568 e. The van der Waals surface area contributed by atoms with Crippen LogP contribution in [-0.2, 0) is 12.5 Å². The van der Waals surface area contributed by atoms with E-state index >= 15 is 0 Å². The molecule has 33 heavy (non-hydrogen) atoms. The fourth-order valence-electron chi connectivity index (χ4n) is 6.15. The Balaban J connectivity index is 1.57. The molecular formula is C32H25N. The molecule has 0 spiro atoms. The molecule has 0 aliphatic heterocycles. The van der Waals surface area contributed by atoms with Gasteiger partial charge >= 0.3 is 0 Å². The molecule has 1 heterocycles. The average Bonchev–Trinajstić information content (AvgIpc) is 3.27. The van der Waals surface area contributed by atoms with Gasteiger partial charge in [0.25, 0.3) is 0 Å². The highest BCUT2D eigenvalue weighted by molar-refractivity contribution is 6.21. The SMILES string of the molecule is Cn1c2ccccc2c2cc(-c3ccc4c(c3)C(C)(C)c3ccccc3-4)c3ccccc3c21. The topological polar surface area (TPSA) is 4.93 Å². The molecule has 0 radical (unpaired) electrons. The number of hydrogen-bond donors (Lipinski definition) is 0. The molecule has 0 saturated carbocycles. The van der Waals surface area contributed by atoms with Crippen LogP contribution in [0.4, 0.5) is 0 Å². The van der Waals surface area contributed by atoms with Gasteiger partial charge in [-0.05, 0) is 57.0 Å². The van der Waals surface area contributed by atoms with Gasteiger partial charge in [-0.2, -0.15) is 0 Å². The van der Waals surface area contributed by atoms with E-state index in [2.05, 4.69) is 123 Å². The van der Waals surface area contributed by atoms with Crippen LogP contribution in [0, 0.1) is 0 Å². The molecule has 1 aromatic heterocycles. The second-order valence-corrected chi connectivity index (χ2v) is 9.87. The quantitative estimate of drug-likeness (QED) is 0.250. The summed E-state index contributed by atoms with van der Waals surface area (Å²) in [6.45, 7) is 4.71. The van der Waals surface area contributed by atoms with Gasteiger partial charge in [-0.15, -0.1) is 0 Å². The Morgan fingerprint density at radius 3 is 2.06 bits per heavy atom. The molecule has 158 valence electrons. The molecule has 1 heteroatoms. The first-order valence-corrected chi connectivity index (χ1v) is 11.7. The summed E-state index contributed by atoms with van der Waals surface area (Å²) in [4.78, 5) is 0. The van der Waals surface area contributed by atoms with Crippen LogP contribution in [0.25, 0.3) is 54.8 Å². The zero-order valence-corrected chi connectivity index (χ0v) is 19.2. The predicted octanol–water partition coefficient (Wildman–Crippen LogP) is 8.46. The average molecular weight is 424 g/mol. The van der Waals surface area contributed by atoms with E-state index in [0.29, 0.717) is 0 Å². The van der Waals surface area contributed by atoms with Crippen molar-refractivity contribution >= 4 is 32.6 Å². The Morgan fingerprint density at radius 2 is 1.21 bits per heavy atom. The maximum absolute atomic E-state index is 2.44. The number of fused-ring (bicyclic) bond motifs is 8. The zero-order chi connectivity index (χ0) is 22.3. The molecule has 1 aliphatic carbocycles. The van der Waals surface area contributed by atoms with E-state index in [1.807, 2.05) is 0 Å². The number of nitrogens with zero attached hydrogens (tertiary/aromatic N) is 1. The lowest BCUT2D eigenvalue weighted by molar-refractivity contribution is 0.660. The van der Waals surface area contributed by atoms with Crippen LogP contribution in [-0.4, -0.2) is 4.57 Å². The highest BCUT2D eigenvalue weighted by Crippen LogP contribution is 2.50. The van der Waals surface area contributed by atoms with E-state index in [1.54, 1.807) is 0 Å². The Labute approximate surface area is 193 Å². The third-order valence-electron chi connectivity index (χ3n) is 7.80. The van der Waals surface area contributed by atoms with Gasteiger partial charge in [0.05, 0.1) is 5.52 Å². The summed E-state index contributed by atoms with van der Waals surface area (Å²) in [6.07, 6.45) is 0. The van der Waals surface area contributed by atoms with Gasteiger partial charge < -0.3 is 4.57 Å². The second kappa shape index (κ2) is 6.36. The summed E-state index contributed by atoms with van der Waals surface area (Å²) >= 11 is 0. The van der Waals surface area contributed by atoms with E-state index in [0.717, 1.165) is 0 Å². The number of aromatic nitrogens is 1. The van der Waals surface area contributed by atoms with Gasteiger partial charge in [0.2, 0.25) is 0 Å². The molecule has 1 nitrogen and oxygen atoms in total. The molecule has 1 aliphatic rings. The van der Waals surface area contributed by atoms with Crippen LogP contribution in [0.1, 0.15) is 25.0 Å². The first-order valence-electron chi connectivity index (χ1n) is 11.7. The minimum Gasteiger partial charge on any atom is -0.343 e. The van der Waals surface area contributed by atoms with E-state index in [9.17, 15) is 0 Å². The molecule has 0 amide bonds. The van der Waals surface area contributed by atoms with Crippen LogP contribution < -0.4 is 0 Å². The summed E-state index contributed by atoms with van der Waals surface area (Å²) in [6, 6.07) is 36.0. The van der Waals surface area contributed by atoms with Gasteiger partial charge in [0, 0.05) is 34.1 Å². The maximum Gasteiger partial charge on any atom is 0.0568 e. The third kappa shape index (κ3) is 2.37. The van der Waals surface area contributed by atoms with Crippen molar-refractivity contribution in [3.8, 4) is 22.3 Å². The van der Waals surface area contributed by atoms with Crippen LogP contribution in [0.3, 0.4) is 0 Å². The molecule has 0 saturated heterocycles. The van der Waals surface area contributed by atoms with Gasteiger partial charge in [0.1, 0.15) is 0 Å². The van der Waals surface area contributed by atoms with Crippen molar-refractivity contribution in [3.63, 3.8) is 0 Å². The Kier molecular flexibility index (Phi) is 3.60. The standard InChI is InChI=1S/C32H25N/c1-32(2)28-14-8-6-11-22(28)23-17-16-20(18-29(23)32)26-19-27-24-12-7-9-15-30(24)33(3)31(27)25-13-5-4-10-21(25)26/h4-19H,1-3H3. The van der Waals surface area contributed by atoms with E-state index < -0.39 is 0 Å². The minimum absolute atomic E-state index is 0.00128. The monoisotopic (exact) mass is 423 g/mol. The lowest BCUT2D eigenvalue weighted by Crippen LogP contribution is -2.14. The number of benzene rings is 5. The summed E-state index contributed by atoms with van der Waals surface area (Å²) in [7, 11) is 2.19. The van der Waals surface area contributed by atoms with Crippen molar-refractivity contribution in [2.24, 2.45) is 7.05 Å². The first kappa shape index (κ1) is 18.7. The summed E-state index contributed by atoms with van der Waals surface area (Å²) in [5.74, 6) is 0. The Morgan fingerprint density at radius 1 is 0.545 bits per heavy atom. The van der Waals surface area contributed by atoms with Gasteiger partial charge in [-0.3, -0.25) is 0 Å². The molecule has 0 N–H and O–H groups in total. The fourth-order valence-corrected chi connectivity index (χ4v) is 6.15. The summed E-state index contributed by atoms with van der Waals surface area (Å²) in [5, 5.41) is 5.26. The van der Waals surface area contributed by atoms with E-state index in [-0.39, 0.29) is 5.41 Å². The Hall–Kier alpha value is -3.84. The normalized spacial score (nSPS) is 14.2. The third-order valence-corrected chi connectivity index (χ3v) is 7.80. The van der Waals surface area contributed by atoms with Crippen molar-refractivity contribution in [1.82, 2.24) is 4.57 Å². The molecule has 5 aromatic carbocycles. The second-order valence-electron chi connectivity index (χ2n) is 9.87. The van der Waals surface area contributed by atoms with Gasteiger partial charge in [0.15, 0.2) is 0 Å². The predicted molar refractivity (Wildman–Crippen MR) is 141 cm³/mol. The van der Waals surface area contributed by atoms with Crippen LogP contribution in [0.5, 0.6) is 0 Å². The number of para-hydroxylation sites is 1. The molecule has 7 rings (SSSR count). The molecule has 0 atom stereocenters. The summed E-state index contributed by atoms with van der Waals surface area (Å²) in [5.41, 5.74) is 10.8. The highest BCUT2D eigenvalue weighted by atomic mass is 14.9. The fraction of sp³-hybridized carbons (Fsp3) is 0.125. The summed E-state index contributed by atoms with van der Waals surface area (Å²) < 4.78 is 2.35. The molecule has 0 fully saturated rings. The van der Waals surface area contributed by atoms with E-state index in [1.165, 1.54) is 66.0 Å². The largest absolute Gasteiger partial charge is 0.343 e. The number of rotatable bonds is 1. The van der Waals surface area contributed by atoms with Crippen molar-refractivity contribution in [3.05, 3.63) is 108 Å². The van der Waals surface area contributed by atoms with Crippen LogP contribution >= 0.6 is 0 Å². The molecule has 0 unspecified atom stereocenters. The number of aryl methyl sites for hydroxylation is 1. The minimum atomic E-state index is 0.00128. The van der Waals surface area contributed by atoms with Crippen molar-refractivity contribution in [2.75, 3.05) is 0 Å². The van der Waals surface area contributed by atoms with Gasteiger partial charge in [-0.1, -0.05) is 92.7 Å².